The molecule has 2 heteroatoms. The normalized spacial score (nSPS) is 23.9. The average Bonchev–Trinajstić information content (AvgIpc) is 2.15. The zero-order valence-electron chi connectivity index (χ0n) is 10.1. The standard InChI is InChI=1S/C14H20N2/c1-14(2)9-12(8-13(15)10-14)7-11-3-5-16-6-4-11/h3-6,8,13H,7,9-10,15H2,1-2H3. The van der Waals surface area contributed by atoms with Gasteiger partial charge in [0.25, 0.3) is 0 Å². The summed E-state index contributed by atoms with van der Waals surface area (Å²) in [7, 11) is 0. The van der Waals surface area contributed by atoms with Crippen LogP contribution in [0.1, 0.15) is 32.3 Å². The Bertz CT molecular complexity index is 379. The van der Waals surface area contributed by atoms with E-state index in [0.29, 0.717) is 5.41 Å². The molecule has 1 aromatic heterocycles. The van der Waals surface area contributed by atoms with Crippen molar-refractivity contribution in [2.45, 2.75) is 39.2 Å². The van der Waals surface area contributed by atoms with E-state index < -0.39 is 0 Å². The summed E-state index contributed by atoms with van der Waals surface area (Å²) in [5.74, 6) is 0. The van der Waals surface area contributed by atoms with Crippen molar-refractivity contribution in [3.63, 3.8) is 0 Å². The SMILES string of the molecule is CC1(C)CC(Cc2ccncc2)=CC(N)C1. The molecule has 0 fully saturated rings. The van der Waals surface area contributed by atoms with Crippen LogP contribution in [0.3, 0.4) is 0 Å². The van der Waals surface area contributed by atoms with Crippen LogP contribution in [0.2, 0.25) is 0 Å². The van der Waals surface area contributed by atoms with Crippen LogP contribution in [0.4, 0.5) is 0 Å². The molecule has 2 nitrogen and oxygen atoms in total. The number of hydrogen-bond donors (Lipinski definition) is 1. The smallest absolute Gasteiger partial charge is 0.0270 e. The molecule has 1 heterocycles. The van der Waals surface area contributed by atoms with Gasteiger partial charge < -0.3 is 5.73 Å². The van der Waals surface area contributed by atoms with E-state index in [0.717, 1.165) is 19.3 Å². The third-order valence-electron chi connectivity index (χ3n) is 3.12. The van der Waals surface area contributed by atoms with Gasteiger partial charge >= 0.3 is 0 Å². The van der Waals surface area contributed by atoms with Crippen LogP contribution < -0.4 is 5.73 Å². The Labute approximate surface area is 97.6 Å². The highest BCUT2D eigenvalue weighted by molar-refractivity contribution is 5.23. The number of nitrogens with zero attached hydrogens (tertiary/aromatic N) is 1. The Morgan fingerprint density at radius 1 is 1.38 bits per heavy atom. The third-order valence-corrected chi connectivity index (χ3v) is 3.12. The first-order valence-electron chi connectivity index (χ1n) is 5.89. The van der Waals surface area contributed by atoms with E-state index in [-0.39, 0.29) is 6.04 Å². The molecule has 0 aliphatic heterocycles. The molecule has 0 aromatic carbocycles. The Balaban J connectivity index is 2.11. The van der Waals surface area contributed by atoms with Gasteiger partial charge in [0.2, 0.25) is 0 Å². The fraction of sp³-hybridized carbons (Fsp3) is 0.500. The lowest BCUT2D eigenvalue weighted by Gasteiger charge is -2.33. The van der Waals surface area contributed by atoms with E-state index >= 15 is 0 Å². The Hall–Kier alpha value is -1.15. The molecule has 1 aromatic rings. The number of aromatic nitrogens is 1. The molecule has 0 saturated heterocycles. The Morgan fingerprint density at radius 2 is 2.06 bits per heavy atom. The molecule has 0 spiro atoms. The molecular weight excluding hydrogens is 196 g/mol. The van der Waals surface area contributed by atoms with Crippen molar-refractivity contribution in [2.75, 3.05) is 0 Å². The lowest BCUT2D eigenvalue weighted by Crippen LogP contribution is -2.31. The maximum absolute atomic E-state index is 6.07. The lowest BCUT2D eigenvalue weighted by atomic mass is 9.74. The Kier molecular flexibility index (Phi) is 3.10. The fourth-order valence-corrected chi connectivity index (χ4v) is 2.63. The van der Waals surface area contributed by atoms with Crippen molar-refractivity contribution >= 4 is 0 Å². The summed E-state index contributed by atoms with van der Waals surface area (Å²) >= 11 is 0. The fourth-order valence-electron chi connectivity index (χ4n) is 2.63. The van der Waals surface area contributed by atoms with Crippen molar-refractivity contribution in [1.29, 1.82) is 0 Å². The van der Waals surface area contributed by atoms with Crippen molar-refractivity contribution in [3.05, 3.63) is 41.7 Å². The van der Waals surface area contributed by atoms with Gasteiger partial charge in [-0.15, -0.1) is 0 Å². The number of pyridine rings is 1. The molecule has 0 saturated carbocycles. The van der Waals surface area contributed by atoms with Gasteiger partial charge in [0.15, 0.2) is 0 Å². The quantitative estimate of drug-likeness (QED) is 0.772. The molecular formula is C14H20N2. The first-order valence-corrected chi connectivity index (χ1v) is 5.89. The zero-order valence-corrected chi connectivity index (χ0v) is 10.1. The van der Waals surface area contributed by atoms with E-state index in [2.05, 4.69) is 37.0 Å². The topological polar surface area (TPSA) is 38.9 Å². The second-order valence-electron chi connectivity index (χ2n) is 5.57. The Morgan fingerprint density at radius 3 is 2.69 bits per heavy atom. The third kappa shape index (κ3) is 2.92. The summed E-state index contributed by atoms with van der Waals surface area (Å²) in [6, 6.07) is 4.38. The summed E-state index contributed by atoms with van der Waals surface area (Å²) in [4.78, 5) is 4.04. The number of rotatable bonds is 2. The average molecular weight is 216 g/mol. The second kappa shape index (κ2) is 4.38. The van der Waals surface area contributed by atoms with E-state index in [1.807, 2.05) is 12.4 Å². The molecule has 16 heavy (non-hydrogen) atoms. The molecule has 2 rings (SSSR count). The van der Waals surface area contributed by atoms with Crippen LogP contribution in [0, 0.1) is 5.41 Å². The van der Waals surface area contributed by atoms with Crippen LogP contribution in [0.5, 0.6) is 0 Å². The monoisotopic (exact) mass is 216 g/mol. The van der Waals surface area contributed by atoms with Gasteiger partial charge in [0, 0.05) is 18.4 Å². The van der Waals surface area contributed by atoms with E-state index in [9.17, 15) is 0 Å². The highest BCUT2D eigenvalue weighted by atomic mass is 14.6. The summed E-state index contributed by atoms with van der Waals surface area (Å²) in [6.45, 7) is 4.60. The maximum atomic E-state index is 6.07. The molecule has 1 atom stereocenters. The van der Waals surface area contributed by atoms with Gasteiger partial charge in [-0.2, -0.15) is 0 Å². The van der Waals surface area contributed by atoms with Gasteiger partial charge in [-0.25, -0.2) is 0 Å². The van der Waals surface area contributed by atoms with Crippen LogP contribution in [0.25, 0.3) is 0 Å². The highest BCUT2D eigenvalue weighted by Crippen LogP contribution is 2.35. The largest absolute Gasteiger partial charge is 0.324 e. The molecule has 0 bridgehead atoms. The minimum Gasteiger partial charge on any atom is -0.324 e. The first kappa shape index (κ1) is 11.3. The van der Waals surface area contributed by atoms with Gasteiger partial charge in [-0.05, 0) is 42.4 Å². The van der Waals surface area contributed by atoms with Crippen LogP contribution in [-0.4, -0.2) is 11.0 Å². The summed E-state index contributed by atoms with van der Waals surface area (Å²) < 4.78 is 0. The minimum atomic E-state index is 0.223. The van der Waals surface area contributed by atoms with Crippen molar-refractivity contribution in [1.82, 2.24) is 4.98 Å². The summed E-state index contributed by atoms with van der Waals surface area (Å²) in [5.41, 5.74) is 9.20. The van der Waals surface area contributed by atoms with E-state index in [1.54, 1.807) is 0 Å². The van der Waals surface area contributed by atoms with Crippen LogP contribution in [0.15, 0.2) is 36.2 Å². The summed E-state index contributed by atoms with van der Waals surface area (Å²) in [6.07, 6.45) is 9.20. The van der Waals surface area contributed by atoms with Crippen molar-refractivity contribution in [2.24, 2.45) is 11.1 Å². The van der Waals surface area contributed by atoms with E-state index in [1.165, 1.54) is 11.1 Å². The first-order chi connectivity index (χ1) is 7.55. The predicted molar refractivity (Wildman–Crippen MR) is 67.0 cm³/mol. The zero-order chi connectivity index (χ0) is 11.6. The highest BCUT2D eigenvalue weighted by Gasteiger charge is 2.26. The van der Waals surface area contributed by atoms with Crippen molar-refractivity contribution < 1.29 is 0 Å². The van der Waals surface area contributed by atoms with Gasteiger partial charge in [-0.3, -0.25) is 4.98 Å². The van der Waals surface area contributed by atoms with Crippen molar-refractivity contribution in [3.8, 4) is 0 Å². The van der Waals surface area contributed by atoms with Crippen LogP contribution >= 0.6 is 0 Å². The minimum absolute atomic E-state index is 0.223. The number of nitrogens with two attached hydrogens (primary N) is 1. The van der Waals surface area contributed by atoms with Crippen LogP contribution in [-0.2, 0) is 6.42 Å². The van der Waals surface area contributed by atoms with E-state index in [4.69, 9.17) is 5.73 Å². The van der Waals surface area contributed by atoms with Gasteiger partial charge in [0.1, 0.15) is 0 Å². The number of hydrogen-bond acceptors (Lipinski definition) is 2. The molecule has 0 radical (unpaired) electrons. The van der Waals surface area contributed by atoms with Gasteiger partial charge in [0.05, 0.1) is 0 Å². The molecule has 1 aliphatic rings. The summed E-state index contributed by atoms with van der Waals surface area (Å²) in [5, 5.41) is 0. The van der Waals surface area contributed by atoms with Gasteiger partial charge in [-0.1, -0.05) is 25.5 Å². The second-order valence-corrected chi connectivity index (χ2v) is 5.57. The molecule has 1 unspecified atom stereocenters. The maximum Gasteiger partial charge on any atom is 0.0270 e. The predicted octanol–water partition coefficient (Wildman–Crippen LogP) is 2.70. The molecule has 86 valence electrons. The molecule has 1 aliphatic carbocycles. The molecule has 0 amide bonds. The number of allylic oxidation sites excluding steroid dienone is 1. The molecule has 2 N–H and O–H groups in total. The lowest BCUT2D eigenvalue weighted by molar-refractivity contribution is 0.299.